The summed E-state index contributed by atoms with van der Waals surface area (Å²) in [6.45, 7) is 2.91. The van der Waals surface area contributed by atoms with Crippen LogP contribution in [0.2, 0.25) is 10.0 Å². The molecule has 0 fully saturated rings. The topological polar surface area (TPSA) is 146 Å². The number of carboxylic acids is 1. The molecule has 0 spiro atoms. The van der Waals surface area contributed by atoms with Crippen molar-refractivity contribution in [3.8, 4) is 6.07 Å². The van der Waals surface area contributed by atoms with Gasteiger partial charge in [-0.3, -0.25) is 19.2 Å². The molecule has 36 heavy (non-hydrogen) atoms. The Morgan fingerprint density at radius 2 is 1.83 bits per heavy atom. The number of nitrogens with zero attached hydrogens (tertiary/aromatic N) is 5. The van der Waals surface area contributed by atoms with Gasteiger partial charge in [0, 0.05) is 16.5 Å². The standard InChI is InChI=1S/C24H20Cl2N6O4/c1-13(21(34)35)32(28)20(33)19-12-29-23-30(18-8-16(25)7-17(26)9-18)22(36)24(2,31(19)23)10-14-3-5-15(11-27)6-4-14/h3-9,12-13H,10,28H2,1-2H3,(H,34,35)/t13-,24+/m0/s1. The van der Waals surface area contributed by atoms with Gasteiger partial charge >= 0.3 is 5.97 Å². The maximum Gasteiger partial charge on any atom is 0.327 e. The minimum Gasteiger partial charge on any atom is -0.480 e. The van der Waals surface area contributed by atoms with E-state index in [-0.39, 0.29) is 18.1 Å². The van der Waals surface area contributed by atoms with Crippen molar-refractivity contribution in [1.82, 2.24) is 14.6 Å². The summed E-state index contributed by atoms with van der Waals surface area (Å²) in [7, 11) is 0. The monoisotopic (exact) mass is 526 g/mol. The molecule has 3 N–H and O–H groups in total. The van der Waals surface area contributed by atoms with Crippen molar-refractivity contribution in [2.45, 2.75) is 31.8 Å². The van der Waals surface area contributed by atoms with Crippen molar-refractivity contribution >= 4 is 52.6 Å². The zero-order valence-electron chi connectivity index (χ0n) is 19.1. The Morgan fingerprint density at radius 3 is 2.39 bits per heavy atom. The van der Waals surface area contributed by atoms with Crippen LogP contribution in [0.3, 0.4) is 0 Å². The normalized spacial score (nSPS) is 17.4. The number of nitriles is 1. The summed E-state index contributed by atoms with van der Waals surface area (Å²) >= 11 is 12.4. The van der Waals surface area contributed by atoms with Gasteiger partial charge in [0.05, 0.1) is 23.5 Å². The number of amides is 2. The largest absolute Gasteiger partial charge is 0.480 e. The molecule has 2 heterocycles. The number of carboxylic acid groups (broad SMARTS) is 1. The minimum atomic E-state index is -1.37. The first kappa shape index (κ1) is 25.2. The number of hydrogen-bond donors (Lipinski definition) is 2. The van der Waals surface area contributed by atoms with Crippen molar-refractivity contribution in [3.63, 3.8) is 0 Å². The predicted octanol–water partition coefficient (Wildman–Crippen LogP) is 3.49. The number of fused-ring (bicyclic) bond motifs is 1. The summed E-state index contributed by atoms with van der Waals surface area (Å²) in [5, 5.41) is 19.6. The average molecular weight is 527 g/mol. The van der Waals surface area contributed by atoms with Gasteiger partial charge in [0.1, 0.15) is 17.3 Å². The van der Waals surface area contributed by atoms with E-state index in [2.05, 4.69) is 4.98 Å². The summed E-state index contributed by atoms with van der Waals surface area (Å²) in [6, 6.07) is 12.0. The smallest absolute Gasteiger partial charge is 0.327 e. The lowest BCUT2D eigenvalue weighted by Gasteiger charge is -2.28. The highest BCUT2D eigenvalue weighted by Gasteiger charge is 2.51. The number of aromatic nitrogens is 2. The van der Waals surface area contributed by atoms with E-state index in [1.165, 1.54) is 28.7 Å². The molecule has 0 unspecified atom stereocenters. The Kier molecular flexibility index (Phi) is 6.49. The van der Waals surface area contributed by atoms with Crippen molar-refractivity contribution in [1.29, 1.82) is 5.26 Å². The molecule has 0 aliphatic carbocycles. The quantitative estimate of drug-likeness (QED) is 0.284. The summed E-state index contributed by atoms with van der Waals surface area (Å²) < 4.78 is 1.44. The van der Waals surface area contributed by atoms with Gasteiger partial charge in [-0.25, -0.2) is 20.5 Å². The summed E-state index contributed by atoms with van der Waals surface area (Å²) in [5.41, 5.74) is 0.0820. The molecule has 2 amide bonds. The molecule has 3 aromatic rings. The molecular weight excluding hydrogens is 507 g/mol. The second kappa shape index (κ2) is 9.28. The molecule has 2 aromatic carbocycles. The maximum atomic E-state index is 14.0. The molecule has 2 atom stereocenters. The molecule has 0 radical (unpaired) electrons. The van der Waals surface area contributed by atoms with E-state index < -0.39 is 29.4 Å². The lowest BCUT2D eigenvalue weighted by molar-refractivity contribution is -0.141. The third kappa shape index (κ3) is 4.18. The molecule has 0 saturated carbocycles. The number of hydrogen-bond acceptors (Lipinski definition) is 6. The second-order valence-electron chi connectivity index (χ2n) is 8.53. The van der Waals surface area contributed by atoms with Gasteiger partial charge < -0.3 is 5.11 Å². The number of rotatable bonds is 6. The van der Waals surface area contributed by atoms with Crippen LogP contribution in [-0.2, 0) is 21.5 Å². The van der Waals surface area contributed by atoms with Crippen LogP contribution in [-0.4, -0.2) is 43.5 Å². The molecule has 1 aliphatic heterocycles. The highest BCUT2D eigenvalue weighted by molar-refractivity contribution is 6.35. The average Bonchev–Trinajstić information content (AvgIpc) is 3.35. The summed E-state index contributed by atoms with van der Waals surface area (Å²) in [6.07, 6.45) is 1.37. The third-order valence-corrected chi connectivity index (χ3v) is 6.50. The highest BCUT2D eigenvalue weighted by Crippen LogP contribution is 2.43. The van der Waals surface area contributed by atoms with E-state index in [1.54, 1.807) is 43.3 Å². The number of halogens is 2. The maximum absolute atomic E-state index is 14.0. The van der Waals surface area contributed by atoms with E-state index in [9.17, 15) is 19.5 Å². The Balaban J connectivity index is 1.87. The lowest BCUT2D eigenvalue weighted by Crippen LogP contribution is -2.50. The number of imidazole rings is 1. The zero-order chi connectivity index (χ0) is 26.4. The van der Waals surface area contributed by atoms with Crippen molar-refractivity contribution in [2.24, 2.45) is 5.84 Å². The first-order valence-electron chi connectivity index (χ1n) is 10.7. The first-order chi connectivity index (χ1) is 17.0. The van der Waals surface area contributed by atoms with Crippen molar-refractivity contribution < 1.29 is 19.5 Å². The molecule has 1 aromatic heterocycles. The molecular formula is C24H20Cl2N6O4. The predicted molar refractivity (Wildman–Crippen MR) is 132 cm³/mol. The van der Waals surface area contributed by atoms with Gasteiger partial charge in [0.25, 0.3) is 11.8 Å². The molecule has 12 heteroatoms. The Morgan fingerprint density at radius 1 is 1.22 bits per heavy atom. The van der Waals surface area contributed by atoms with E-state index in [4.69, 9.17) is 34.3 Å². The number of anilines is 2. The Hall–Kier alpha value is -3.91. The number of hydrazine groups is 1. The van der Waals surface area contributed by atoms with Crippen LogP contribution in [0.4, 0.5) is 11.6 Å². The molecule has 10 nitrogen and oxygen atoms in total. The van der Waals surface area contributed by atoms with Gasteiger partial charge in [-0.1, -0.05) is 35.3 Å². The molecule has 0 bridgehead atoms. The van der Waals surface area contributed by atoms with Crippen LogP contribution in [0.1, 0.15) is 35.5 Å². The van der Waals surface area contributed by atoms with Crippen LogP contribution in [0.5, 0.6) is 0 Å². The SMILES string of the molecule is C[C@@H](C(=O)O)N(N)C(=O)c1cnc2n1[C@](C)(Cc1ccc(C#N)cc1)C(=O)N2c1cc(Cl)cc(Cl)c1. The number of carbonyl (C=O) groups is 3. The van der Waals surface area contributed by atoms with Crippen LogP contribution in [0, 0.1) is 11.3 Å². The molecule has 0 saturated heterocycles. The molecule has 4 rings (SSSR count). The van der Waals surface area contributed by atoms with Gasteiger partial charge in [-0.2, -0.15) is 5.26 Å². The van der Waals surface area contributed by atoms with Gasteiger partial charge in [0.15, 0.2) is 0 Å². The second-order valence-corrected chi connectivity index (χ2v) is 9.41. The zero-order valence-corrected chi connectivity index (χ0v) is 20.7. The van der Waals surface area contributed by atoms with Gasteiger partial charge in [-0.15, -0.1) is 0 Å². The van der Waals surface area contributed by atoms with E-state index in [1.807, 2.05) is 6.07 Å². The Labute approximate surface area is 216 Å². The van der Waals surface area contributed by atoms with E-state index in [0.29, 0.717) is 26.3 Å². The van der Waals surface area contributed by atoms with E-state index >= 15 is 0 Å². The first-order valence-corrected chi connectivity index (χ1v) is 11.4. The fourth-order valence-corrected chi connectivity index (χ4v) is 4.66. The van der Waals surface area contributed by atoms with Gasteiger partial charge in [0.2, 0.25) is 5.95 Å². The van der Waals surface area contributed by atoms with Crippen molar-refractivity contribution in [3.05, 3.63) is 75.5 Å². The fraction of sp³-hybridized carbons (Fsp3) is 0.208. The fourth-order valence-electron chi connectivity index (χ4n) is 4.14. The van der Waals surface area contributed by atoms with Gasteiger partial charge in [-0.05, 0) is 49.7 Å². The van der Waals surface area contributed by atoms with Crippen molar-refractivity contribution in [2.75, 3.05) is 4.90 Å². The number of benzene rings is 2. The highest BCUT2D eigenvalue weighted by atomic mass is 35.5. The summed E-state index contributed by atoms with van der Waals surface area (Å²) in [5.74, 6) is 3.42. The van der Waals surface area contributed by atoms with Crippen LogP contribution >= 0.6 is 23.2 Å². The third-order valence-electron chi connectivity index (χ3n) is 6.07. The Bertz CT molecular complexity index is 1410. The lowest BCUT2D eigenvalue weighted by atomic mass is 9.91. The number of nitrogens with two attached hydrogens (primary N) is 1. The molecule has 184 valence electrons. The van der Waals surface area contributed by atoms with Crippen LogP contribution < -0.4 is 10.7 Å². The number of aliphatic carboxylic acids is 1. The summed E-state index contributed by atoms with van der Waals surface area (Å²) in [4.78, 5) is 44.3. The van der Waals surface area contributed by atoms with Crippen LogP contribution in [0.25, 0.3) is 0 Å². The minimum absolute atomic E-state index is 0.0688. The molecule has 1 aliphatic rings. The van der Waals surface area contributed by atoms with Crippen LogP contribution in [0.15, 0.2) is 48.7 Å². The van der Waals surface area contributed by atoms with E-state index in [0.717, 1.165) is 5.56 Å². The number of carbonyl (C=O) groups excluding carboxylic acids is 2.